The Balaban J connectivity index is 1.72. The minimum absolute atomic E-state index is 0.0362. The van der Waals surface area contributed by atoms with Gasteiger partial charge in [0.05, 0.1) is 16.7 Å². The highest BCUT2D eigenvalue weighted by Crippen LogP contribution is 2.20. The molecule has 1 aliphatic heterocycles. The molecule has 0 bridgehead atoms. The Morgan fingerprint density at radius 1 is 1.48 bits per heavy atom. The van der Waals surface area contributed by atoms with Crippen molar-refractivity contribution in [1.29, 1.82) is 0 Å². The number of amidine groups is 1. The number of rotatable bonds is 5. The lowest BCUT2D eigenvalue weighted by Gasteiger charge is -2.18. The fourth-order valence-corrected chi connectivity index (χ4v) is 3.06. The zero-order valence-electron chi connectivity index (χ0n) is 14.4. The maximum Gasteiger partial charge on any atom is 0.240 e. The van der Waals surface area contributed by atoms with Crippen LogP contribution >= 0.6 is 11.8 Å². The highest BCUT2D eigenvalue weighted by Gasteiger charge is 2.21. The van der Waals surface area contributed by atoms with Crippen molar-refractivity contribution in [3.05, 3.63) is 29.6 Å². The number of hydrazone groups is 1. The SMILES string of the molecule is CSC(N)=NCCCc1nc2ccc(C3=NNC(=O)CC3C)cc2[nH]1. The number of aromatic amines is 1. The average Bonchev–Trinajstić information content (AvgIpc) is 3.00. The van der Waals surface area contributed by atoms with Crippen LogP contribution in [0.5, 0.6) is 0 Å². The smallest absolute Gasteiger partial charge is 0.240 e. The number of benzene rings is 1. The standard InChI is InChI=1S/C17H22N6OS/c1-10-8-15(24)22-23-16(10)11-5-6-12-13(9-11)21-14(20-12)4-3-7-19-17(18)25-2/h5-6,9-10H,3-4,7-8H2,1-2H3,(H2,18,19)(H,20,21)(H,22,24). The number of aliphatic imine (C=N–C) groups is 1. The lowest BCUT2D eigenvalue weighted by atomic mass is 9.94. The molecule has 0 fully saturated rings. The number of imidazole rings is 1. The van der Waals surface area contributed by atoms with E-state index < -0.39 is 0 Å². The number of nitrogens with one attached hydrogen (secondary N) is 2. The van der Waals surface area contributed by atoms with Gasteiger partial charge in [0.2, 0.25) is 5.91 Å². The number of amides is 1. The highest BCUT2D eigenvalue weighted by atomic mass is 32.2. The average molecular weight is 358 g/mol. The Labute approximate surface area is 150 Å². The first-order valence-corrected chi connectivity index (χ1v) is 9.48. The molecule has 25 heavy (non-hydrogen) atoms. The van der Waals surface area contributed by atoms with Crippen LogP contribution in [0.2, 0.25) is 0 Å². The van der Waals surface area contributed by atoms with Crippen LogP contribution in [0, 0.1) is 5.92 Å². The number of carbonyl (C=O) groups excluding carboxylic acids is 1. The van der Waals surface area contributed by atoms with Gasteiger partial charge in [0.15, 0.2) is 5.17 Å². The number of H-pyrrole nitrogens is 1. The molecule has 1 aromatic heterocycles. The summed E-state index contributed by atoms with van der Waals surface area (Å²) >= 11 is 1.46. The van der Waals surface area contributed by atoms with Gasteiger partial charge in [-0.3, -0.25) is 9.79 Å². The third-order valence-corrected chi connectivity index (χ3v) is 4.68. The molecule has 1 amide bonds. The molecule has 0 radical (unpaired) electrons. The van der Waals surface area contributed by atoms with Crippen LogP contribution in [0.15, 0.2) is 28.3 Å². The van der Waals surface area contributed by atoms with E-state index in [1.807, 2.05) is 31.4 Å². The molecule has 3 rings (SSSR count). The number of nitrogens with two attached hydrogens (primary N) is 1. The predicted octanol–water partition coefficient (Wildman–Crippen LogP) is 2.03. The second-order valence-electron chi connectivity index (χ2n) is 6.08. The van der Waals surface area contributed by atoms with E-state index in [1.54, 1.807) is 0 Å². The van der Waals surface area contributed by atoms with Gasteiger partial charge >= 0.3 is 0 Å². The Hall–Kier alpha value is -2.35. The summed E-state index contributed by atoms with van der Waals surface area (Å²) in [5.74, 6) is 1.01. The number of nitrogens with zero attached hydrogens (tertiary/aromatic N) is 3. The molecule has 1 aliphatic rings. The minimum Gasteiger partial charge on any atom is -0.379 e. The van der Waals surface area contributed by atoms with Gasteiger partial charge in [0.25, 0.3) is 0 Å². The van der Waals surface area contributed by atoms with Gasteiger partial charge in [-0.1, -0.05) is 24.8 Å². The number of thioether (sulfide) groups is 1. The van der Waals surface area contributed by atoms with E-state index in [9.17, 15) is 4.79 Å². The van der Waals surface area contributed by atoms with Gasteiger partial charge in [-0.2, -0.15) is 5.10 Å². The zero-order valence-corrected chi connectivity index (χ0v) is 15.2. The normalized spacial score (nSPS) is 18.3. The molecule has 0 saturated carbocycles. The van der Waals surface area contributed by atoms with Gasteiger partial charge in [-0.05, 0) is 24.8 Å². The number of carbonyl (C=O) groups is 1. The van der Waals surface area contributed by atoms with Crippen molar-refractivity contribution in [2.45, 2.75) is 26.2 Å². The summed E-state index contributed by atoms with van der Waals surface area (Å²) in [5, 5.41) is 4.83. The third kappa shape index (κ3) is 4.19. The van der Waals surface area contributed by atoms with Gasteiger partial charge in [-0.15, -0.1) is 0 Å². The van der Waals surface area contributed by atoms with E-state index in [0.717, 1.165) is 41.0 Å². The summed E-state index contributed by atoms with van der Waals surface area (Å²) in [6, 6.07) is 6.03. The van der Waals surface area contributed by atoms with Crippen LogP contribution in [0.3, 0.4) is 0 Å². The number of aryl methyl sites for hydroxylation is 1. The highest BCUT2D eigenvalue weighted by molar-refractivity contribution is 8.13. The van der Waals surface area contributed by atoms with E-state index in [0.29, 0.717) is 18.1 Å². The fraction of sp³-hybridized carbons (Fsp3) is 0.412. The summed E-state index contributed by atoms with van der Waals surface area (Å²) in [7, 11) is 0. The molecule has 1 atom stereocenters. The number of hydrogen-bond acceptors (Lipinski definition) is 5. The quantitative estimate of drug-likeness (QED) is 0.432. The predicted molar refractivity (Wildman–Crippen MR) is 103 cm³/mol. The summed E-state index contributed by atoms with van der Waals surface area (Å²) in [5.41, 5.74) is 12.1. The summed E-state index contributed by atoms with van der Waals surface area (Å²) < 4.78 is 0. The first-order chi connectivity index (χ1) is 12.1. The van der Waals surface area contributed by atoms with Crippen molar-refractivity contribution in [2.75, 3.05) is 12.8 Å². The van der Waals surface area contributed by atoms with Crippen molar-refractivity contribution in [3.63, 3.8) is 0 Å². The van der Waals surface area contributed by atoms with Crippen molar-refractivity contribution < 1.29 is 4.79 Å². The van der Waals surface area contributed by atoms with E-state index >= 15 is 0 Å². The second kappa shape index (κ2) is 7.69. The summed E-state index contributed by atoms with van der Waals surface area (Å²) in [6.07, 6.45) is 4.09. The van der Waals surface area contributed by atoms with Crippen LogP contribution in [0.4, 0.5) is 0 Å². The molecule has 0 saturated heterocycles. The second-order valence-corrected chi connectivity index (χ2v) is 6.91. The molecule has 2 aromatic rings. The molecule has 2 heterocycles. The molecule has 132 valence electrons. The molecular weight excluding hydrogens is 336 g/mol. The van der Waals surface area contributed by atoms with Gasteiger partial charge in [-0.25, -0.2) is 10.4 Å². The molecule has 0 aliphatic carbocycles. The topological polar surface area (TPSA) is 109 Å². The summed E-state index contributed by atoms with van der Waals surface area (Å²) in [4.78, 5) is 23.6. The zero-order chi connectivity index (χ0) is 17.8. The molecule has 0 spiro atoms. The van der Waals surface area contributed by atoms with Crippen LogP contribution in [-0.4, -0.2) is 39.6 Å². The van der Waals surface area contributed by atoms with Crippen molar-refractivity contribution in [3.8, 4) is 0 Å². The first-order valence-electron chi connectivity index (χ1n) is 8.26. The largest absolute Gasteiger partial charge is 0.379 e. The number of hydrogen-bond donors (Lipinski definition) is 3. The fourth-order valence-electron chi connectivity index (χ4n) is 2.84. The Morgan fingerprint density at radius 3 is 3.08 bits per heavy atom. The Morgan fingerprint density at radius 2 is 2.32 bits per heavy atom. The van der Waals surface area contributed by atoms with Gasteiger partial charge in [0, 0.05) is 30.9 Å². The molecule has 7 nitrogen and oxygen atoms in total. The molecule has 4 N–H and O–H groups in total. The molecule has 1 unspecified atom stereocenters. The van der Waals surface area contributed by atoms with E-state index in [2.05, 4.69) is 25.5 Å². The number of aromatic nitrogens is 2. The maximum atomic E-state index is 11.4. The Bertz CT molecular complexity index is 841. The first kappa shape index (κ1) is 17.5. The van der Waals surface area contributed by atoms with Crippen LogP contribution in [-0.2, 0) is 11.2 Å². The van der Waals surface area contributed by atoms with Crippen molar-refractivity contribution >= 4 is 39.6 Å². The van der Waals surface area contributed by atoms with E-state index in [4.69, 9.17) is 5.73 Å². The van der Waals surface area contributed by atoms with Crippen molar-refractivity contribution in [2.24, 2.45) is 21.7 Å². The lowest BCUT2D eigenvalue weighted by Crippen LogP contribution is -2.31. The van der Waals surface area contributed by atoms with Crippen LogP contribution in [0.25, 0.3) is 11.0 Å². The van der Waals surface area contributed by atoms with Gasteiger partial charge in [0.1, 0.15) is 5.82 Å². The number of fused-ring (bicyclic) bond motifs is 1. The van der Waals surface area contributed by atoms with Crippen molar-refractivity contribution in [1.82, 2.24) is 15.4 Å². The molecular formula is C17H22N6OS. The van der Waals surface area contributed by atoms with E-state index in [1.165, 1.54) is 11.8 Å². The Kier molecular flexibility index (Phi) is 5.37. The molecule has 8 heteroatoms. The monoisotopic (exact) mass is 358 g/mol. The summed E-state index contributed by atoms with van der Waals surface area (Å²) in [6.45, 7) is 2.71. The lowest BCUT2D eigenvalue weighted by molar-refractivity contribution is -0.121. The van der Waals surface area contributed by atoms with E-state index in [-0.39, 0.29) is 11.8 Å². The van der Waals surface area contributed by atoms with Crippen LogP contribution < -0.4 is 11.2 Å². The maximum absolute atomic E-state index is 11.4. The third-order valence-electron chi connectivity index (χ3n) is 4.13. The van der Waals surface area contributed by atoms with Crippen LogP contribution in [0.1, 0.15) is 31.2 Å². The molecule has 1 aromatic carbocycles. The van der Waals surface area contributed by atoms with Gasteiger partial charge < -0.3 is 10.7 Å². The minimum atomic E-state index is -0.0362.